The van der Waals surface area contributed by atoms with E-state index in [0.29, 0.717) is 10.1 Å². The Labute approximate surface area is 114 Å². The monoisotopic (exact) mass is 280 g/mol. The molecule has 0 saturated carbocycles. The molecule has 2 amide bonds. The van der Waals surface area contributed by atoms with Gasteiger partial charge in [0.15, 0.2) is 0 Å². The number of nitrogens with zero attached hydrogens (tertiary/aromatic N) is 2. The highest BCUT2D eigenvalue weighted by molar-refractivity contribution is 8.00. The zero-order valence-electron chi connectivity index (χ0n) is 10.2. The highest BCUT2D eigenvalue weighted by atomic mass is 32.2. The van der Waals surface area contributed by atoms with Crippen LogP contribution >= 0.6 is 11.8 Å². The van der Waals surface area contributed by atoms with Gasteiger partial charge in [0.05, 0.1) is 5.03 Å². The minimum absolute atomic E-state index is 0.0911. The van der Waals surface area contributed by atoms with Gasteiger partial charge in [-0.3, -0.25) is 9.59 Å². The van der Waals surface area contributed by atoms with Crippen molar-refractivity contribution in [2.24, 2.45) is 0 Å². The van der Waals surface area contributed by atoms with E-state index in [1.54, 1.807) is 31.3 Å². The number of carbonyl (C=O) groups excluding carboxylic acids is 3. The van der Waals surface area contributed by atoms with E-state index in [2.05, 4.69) is 4.98 Å². The summed E-state index contributed by atoms with van der Waals surface area (Å²) in [6.07, 6.45) is 1.80. The number of hydroxylamine groups is 2. The van der Waals surface area contributed by atoms with Crippen LogP contribution in [0.2, 0.25) is 0 Å². The van der Waals surface area contributed by atoms with E-state index in [1.165, 1.54) is 11.8 Å². The summed E-state index contributed by atoms with van der Waals surface area (Å²) >= 11 is 1.20. The molecule has 0 radical (unpaired) electrons. The summed E-state index contributed by atoms with van der Waals surface area (Å²) in [6.45, 7) is 1.63. The quantitative estimate of drug-likeness (QED) is 0.608. The van der Waals surface area contributed by atoms with Crippen molar-refractivity contribution in [1.82, 2.24) is 10.0 Å². The van der Waals surface area contributed by atoms with E-state index < -0.39 is 23.0 Å². The molecular weight excluding hydrogens is 268 g/mol. The van der Waals surface area contributed by atoms with Gasteiger partial charge in [-0.2, -0.15) is 0 Å². The third-order valence-electron chi connectivity index (χ3n) is 2.45. The van der Waals surface area contributed by atoms with E-state index in [4.69, 9.17) is 4.84 Å². The average Bonchev–Trinajstić information content (AvgIpc) is 2.71. The molecule has 2 heterocycles. The topological polar surface area (TPSA) is 76.6 Å². The van der Waals surface area contributed by atoms with Crippen LogP contribution in [0.1, 0.15) is 19.8 Å². The number of rotatable bonds is 4. The van der Waals surface area contributed by atoms with Crippen molar-refractivity contribution in [3.05, 3.63) is 24.4 Å². The van der Waals surface area contributed by atoms with Gasteiger partial charge < -0.3 is 4.84 Å². The molecule has 1 aliphatic rings. The van der Waals surface area contributed by atoms with Crippen molar-refractivity contribution in [3.63, 3.8) is 0 Å². The van der Waals surface area contributed by atoms with Gasteiger partial charge in [0.1, 0.15) is 5.25 Å². The molecule has 19 heavy (non-hydrogen) atoms. The fraction of sp³-hybridized carbons (Fsp3) is 0.333. The molecule has 0 aliphatic carbocycles. The molecule has 1 aromatic heterocycles. The van der Waals surface area contributed by atoms with Gasteiger partial charge in [-0.15, -0.1) is 5.06 Å². The second-order valence-corrected chi connectivity index (χ2v) is 5.28. The lowest BCUT2D eigenvalue weighted by Gasteiger charge is -2.15. The molecule has 1 saturated heterocycles. The van der Waals surface area contributed by atoms with Crippen LogP contribution in [-0.2, 0) is 19.2 Å². The van der Waals surface area contributed by atoms with Gasteiger partial charge in [0.2, 0.25) is 0 Å². The minimum Gasteiger partial charge on any atom is -0.329 e. The molecule has 1 aliphatic heterocycles. The molecule has 6 nitrogen and oxygen atoms in total. The molecule has 0 N–H and O–H groups in total. The molecule has 1 atom stereocenters. The predicted octanol–water partition coefficient (Wildman–Crippen LogP) is 1.17. The number of pyridine rings is 1. The van der Waals surface area contributed by atoms with Crippen LogP contribution < -0.4 is 0 Å². The Morgan fingerprint density at radius 1 is 1.37 bits per heavy atom. The Hall–Kier alpha value is -1.89. The lowest BCUT2D eigenvalue weighted by Crippen LogP contribution is -2.34. The van der Waals surface area contributed by atoms with Crippen molar-refractivity contribution in [1.29, 1.82) is 0 Å². The Kier molecular flexibility index (Phi) is 4.16. The number of thioether (sulfide) groups is 1. The van der Waals surface area contributed by atoms with Crippen molar-refractivity contribution in [2.75, 3.05) is 0 Å². The molecular formula is C12H12N2O4S. The van der Waals surface area contributed by atoms with Crippen LogP contribution in [0.15, 0.2) is 29.4 Å². The van der Waals surface area contributed by atoms with Crippen LogP contribution in [0.3, 0.4) is 0 Å². The molecule has 1 fully saturated rings. The van der Waals surface area contributed by atoms with Crippen LogP contribution in [0, 0.1) is 0 Å². The fourth-order valence-corrected chi connectivity index (χ4v) is 2.25. The van der Waals surface area contributed by atoms with Crippen LogP contribution in [0.25, 0.3) is 0 Å². The minimum atomic E-state index is -0.640. The molecule has 0 spiro atoms. The van der Waals surface area contributed by atoms with Crippen molar-refractivity contribution < 1.29 is 19.2 Å². The van der Waals surface area contributed by atoms with Gasteiger partial charge in [0, 0.05) is 19.0 Å². The Bertz CT molecular complexity index is 490. The van der Waals surface area contributed by atoms with E-state index >= 15 is 0 Å². The molecule has 2 rings (SSSR count). The summed E-state index contributed by atoms with van der Waals surface area (Å²) in [7, 11) is 0. The van der Waals surface area contributed by atoms with Crippen molar-refractivity contribution in [3.8, 4) is 0 Å². The average molecular weight is 280 g/mol. The first-order chi connectivity index (χ1) is 9.08. The zero-order valence-corrected chi connectivity index (χ0v) is 11.1. The molecule has 100 valence electrons. The Morgan fingerprint density at radius 3 is 2.63 bits per heavy atom. The van der Waals surface area contributed by atoms with E-state index in [9.17, 15) is 14.4 Å². The summed E-state index contributed by atoms with van der Waals surface area (Å²) in [5, 5.41) is 0.666. The van der Waals surface area contributed by atoms with Crippen LogP contribution in [0.5, 0.6) is 0 Å². The van der Waals surface area contributed by atoms with Gasteiger partial charge in [0.25, 0.3) is 11.8 Å². The van der Waals surface area contributed by atoms with Gasteiger partial charge in [-0.05, 0) is 19.1 Å². The van der Waals surface area contributed by atoms with Crippen LogP contribution in [-0.4, -0.2) is 33.1 Å². The molecule has 1 aromatic rings. The van der Waals surface area contributed by atoms with Gasteiger partial charge in [-0.25, -0.2) is 9.78 Å². The number of hydrogen-bond donors (Lipinski definition) is 0. The number of aromatic nitrogens is 1. The lowest BCUT2D eigenvalue weighted by molar-refractivity contribution is -0.196. The summed E-state index contributed by atoms with van der Waals surface area (Å²) in [5.41, 5.74) is 0. The maximum atomic E-state index is 11.8. The molecule has 7 heteroatoms. The summed E-state index contributed by atoms with van der Waals surface area (Å²) in [4.78, 5) is 43.3. The number of hydrogen-bond acceptors (Lipinski definition) is 6. The standard InChI is InChI=1S/C12H12N2O4S/c1-8(19-9-4-2-3-7-13-9)12(17)18-14-10(15)5-6-11(14)16/h2-4,7-8H,5-6H2,1H3. The van der Waals surface area contributed by atoms with Gasteiger partial charge in [-0.1, -0.05) is 17.8 Å². The number of imide groups is 1. The third kappa shape index (κ3) is 3.31. The van der Waals surface area contributed by atoms with Crippen LogP contribution in [0.4, 0.5) is 0 Å². The predicted molar refractivity (Wildman–Crippen MR) is 66.7 cm³/mol. The largest absolute Gasteiger partial charge is 0.346 e. The highest BCUT2D eigenvalue weighted by Gasteiger charge is 2.34. The SMILES string of the molecule is CC(Sc1ccccn1)C(=O)ON1C(=O)CCC1=O. The Morgan fingerprint density at radius 2 is 2.05 bits per heavy atom. The van der Waals surface area contributed by atoms with E-state index in [1.807, 2.05) is 0 Å². The molecule has 1 unspecified atom stereocenters. The van der Waals surface area contributed by atoms with Crippen molar-refractivity contribution >= 4 is 29.5 Å². The molecule has 0 bridgehead atoms. The first-order valence-corrected chi connectivity index (χ1v) is 6.61. The number of amides is 2. The zero-order chi connectivity index (χ0) is 13.8. The maximum Gasteiger partial charge on any atom is 0.346 e. The smallest absolute Gasteiger partial charge is 0.329 e. The van der Waals surface area contributed by atoms with E-state index in [0.717, 1.165) is 0 Å². The summed E-state index contributed by atoms with van der Waals surface area (Å²) in [6, 6.07) is 5.34. The lowest BCUT2D eigenvalue weighted by atomic mass is 10.4. The maximum absolute atomic E-state index is 11.8. The number of carbonyl (C=O) groups is 3. The summed E-state index contributed by atoms with van der Waals surface area (Å²) in [5.74, 6) is -1.60. The van der Waals surface area contributed by atoms with Crippen molar-refractivity contribution in [2.45, 2.75) is 30.0 Å². The fourth-order valence-electron chi connectivity index (χ4n) is 1.47. The second kappa shape index (κ2) is 5.83. The first-order valence-electron chi connectivity index (χ1n) is 5.73. The highest BCUT2D eigenvalue weighted by Crippen LogP contribution is 2.22. The molecule has 0 aromatic carbocycles. The summed E-state index contributed by atoms with van der Waals surface area (Å²) < 4.78 is 0. The Balaban J connectivity index is 1.93. The second-order valence-electron chi connectivity index (χ2n) is 3.92. The normalized spacial score (nSPS) is 16.6. The van der Waals surface area contributed by atoms with Gasteiger partial charge >= 0.3 is 5.97 Å². The first kappa shape index (κ1) is 13.5. The van der Waals surface area contributed by atoms with E-state index in [-0.39, 0.29) is 12.8 Å². The third-order valence-corrected chi connectivity index (χ3v) is 3.48.